The standard InChI is InChI=1S/C30H24N2O2S/c33-27-16-23(15-22-11-6-10-19-7-4-5-12-24(19)22)28(21-13-14-21)30-32(27)26(18-35-30)29-31-25(17-34-29)20-8-2-1-3-9-20/h1-12,16-17,21,26H,13-15,18H2. The van der Waals surface area contributed by atoms with Crippen LogP contribution in [0.15, 0.2) is 99.4 Å². The molecule has 2 aromatic heterocycles. The van der Waals surface area contributed by atoms with Gasteiger partial charge in [-0.15, -0.1) is 11.8 Å². The van der Waals surface area contributed by atoms with Crippen LogP contribution in [0.4, 0.5) is 0 Å². The topological polar surface area (TPSA) is 48.0 Å². The van der Waals surface area contributed by atoms with E-state index in [4.69, 9.17) is 9.40 Å². The van der Waals surface area contributed by atoms with Crippen molar-refractivity contribution in [2.75, 3.05) is 5.75 Å². The largest absolute Gasteiger partial charge is 0.446 e. The first-order chi connectivity index (χ1) is 17.3. The molecule has 0 saturated heterocycles. The van der Waals surface area contributed by atoms with Gasteiger partial charge in [-0.3, -0.25) is 9.36 Å². The highest BCUT2D eigenvalue weighted by atomic mass is 32.2. The number of thioether (sulfide) groups is 1. The van der Waals surface area contributed by atoms with Gasteiger partial charge in [-0.25, -0.2) is 4.98 Å². The molecule has 0 bridgehead atoms. The van der Waals surface area contributed by atoms with Gasteiger partial charge in [-0.05, 0) is 52.6 Å². The molecule has 3 aromatic carbocycles. The summed E-state index contributed by atoms with van der Waals surface area (Å²) in [5, 5.41) is 3.61. The molecule has 1 fully saturated rings. The number of fused-ring (bicyclic) bond motifs is 2. The van der Waals surface area contributed by atoms with E-state index in [9.17, 15) is 4.79 Å². The van der Waals surface area contributed by atoms with E-state index in [-0.39, 0.29) is 11.6 Å². The summed E-state index contributed by atoms with van der Waals surface area (Å²) in [4.78, 5) is 18.3. The second-order valence-electron chi connectivity index (χ2n) is 9.45. The normalized spacial score (nSPS) is 17.1. The Morgan fingerprint density at radius 3 is 2.60 bits per heavy atom. The summed E-state index contributed by atoms with van der Waals surface area (Å²) in [5.41, 5.74) is 5.67. The molecule has 2 aliphatic rings. The Kier molecular flexibility index (Phi) is 4.91. The molecule has 7 rings (SSSR count). The summed E-state index contributed by atoms with van der Waals surface area (Å²) in [7, 11) is 0. The van der Waals surface area contributed by atoms with Gasteiger partial charge < -0.3 is 4.42 Å². The monoisotopic (exact) mass is 476 g/mol. The van der Waals surface area contributed by atoms with Crippen molar-refractivity contribution in [1.29, 1.82) is 0 Å². The molecule has 5 aromatic rings. The van der Waals surface area contributed by atoms with Crippen molar-refractivity contribution < 1.29 is 4.42 Å². The SMILES string of the molecule is O=c1cc(Cc2cccc3ccccc23)c(C2CC2)c2n1C(c1nc(-c3ccccc3)co1)CS2. The van der Waals surface area contributed by atoms with Crippen molar-refractivity contribution in [3.05, 3.63) is 118 Å². The molecule has 172 valence electrons. The zero-order valence-electron chi connectivity index (χ0n) is 19.2. The zero-order valence-corrected chi connectivity index (χ0v) is 20.0. The highest BCUT2D eigenvalue weighted by Gasteiger charge is 2.37. The maximum Gasteiger partial charge on any atom is 0.252 e. The molecular weight excluding hydrogens is 452 g/mol. The van der Waals surface area contributed by atoms with Crippen LogP contribution in [0.1, 0.15) is 47.4 Å². The van der Waals surface area contributed by atoms with Crippen molar-refractivity contribution in [3.8, 4) is 11.3 Å². The first-order valence-corrected chi connectivity index (χ1v) is 13.1. The number of oxazole rings is 1. The van der Waals surface area contributed by atoms with Crippen molar-refractivity contribution in [2.24, 2.45) is 0 Å². The highest BCUT2D eigenvalue weighted by molar-refractivity contribution is 7.99. The molecule has 0 N–H and O–H groups in total. The lowest BCUT2D eigenvalue weighted by atomic mass is 9.95. The van der Waals surface area contributed by atoms with Crippen LogP contribution in [0.5, 0.6) is 0 Å². The molecule has 5 heteroatoms. The molecule has 1 atom stereocenters. The predicted molar refractivity (Wildman–Crippen MR) is 140 cm³/mol. The Bertz CT molecular complexity index is 1610. The van der Waals surface area contributed by atoms with Gasteiger partial charge in [-0.2, -0.15) is 0 Å². The van der Waals surface area contributed by atoms with Gasteiger partial charge in [-0.1, -0.05) is 72.8 Å². The molecule has 35 heavy (non-hydrogen) atoms. The van der Waals surface area contributed by atoms with E-state index >= 15 is 0 Å². The lowest BCUT2D eigenvalue weighted by Crippen LogP contribution is -2.26. The van der Waals surface area contributed by atoms with E-state index in [2.05, 4.69) is 42.5 Å². The molecular formula is C30H24N2O2S. The highest BCUT2D eigenvalue weighted by Crippen LogP contribution is 2.49. The smallest absolute Gasteiger partial charge is 0.252 e. The van der Waals surface area contributed by atoms with Crippen molar-refractivity contribution in [3.63, 3.8) is 0 Å². The minimum absolute atomic E-state index is 0.0362. The summed E-state index contributed by atoms with van der Waals surface area (Å²) in [6, 6.07) is 26.7. The first kappa shape index (κ1) is 20.8. The Balaban J connectivity index is 1.30. The third-order valence-corrected chi connectivity index (χ3v) is 8.32. The number of nitrogens with zero attached hydrogens (tertiary/aromatic N) is 2. The molecule has 0 spiro atoms. The predicted octanol–water partition coefficient (Wildman–Crippen LogP) is 6.82. The Labute approximate surface area is 207 Å². The number of hydrogen-bond acceptors (Lipinski definition) is 4. The maximum absolute atomic E-state index is 13.5. The molecule has 4 nitrogen and oxygen atoms in total. The minimum Gasteiger partial charge on any atom is -0.446 e. The molecule has 1 saturated carbocycles. The Hall–Kier alpha value is -3.57. The van der Waals surface area contributed by atoms with E-state index in [0.717, 1.165) is 28.5 Å². The van der Waals surface area contributed by atoms with Crippen LogP contribution in [0, 0.1) is 0 Å². The van der Waals surface area contributed by atoms with E-state index < -0.39 is 0 Å². The quantitative estimate of drug-likeness (QED) is 0.279. The summed E-state index contributed by atoms with van der Waals surface area (Å²) < 4.78 is 7.86. The number of aromatic nitrogens is 2. The molecule has 0 amide bonds. The first-order valence-electron chi connectivity index (χ1n) is 12.1. The van der Waals surface area contributed by atoms with Gasteiger partial charge in [0.1, 0.15) is 18.0 Å². The fourth-order valence-corrected chi connectivity index (χ4v) is 6.73. The third kappa shape index (κ3) is 3.62. The third-order valence-electron chi connectivity index (χ3n) is 7.14. The van der Waals surface area contributed by atoms with Gasteiger partial charge >= 0.3 is 0 Å². The van der Waals surface area contributed by atoms with Crippen molar-refractivity contribution >= 4 is 22.5 Å². The number of pyridine rings is 1. The molecule has 1 aliphatic heterocycles. The van der Waals surface area contributed by atoms with Gasteiger partial charge in [0.05, 0.1) is 5.03 Å². The van der Waals surface area contributed by atoms with Gasteiger partial charge in [0, 0.05) is 17.4 Å². The molecule has 3 heterocycles. The van der Waals surface area contributed by atoms with Crippen LogP contribution in [-0.4, -0.2) is 15.3 Å². The lowest BCUT2D eigenvalue weighted by Gasteiger charge is -2.17. The summed E-state index contributed by atoms with van der Waals surface area (Å²) in [6.45, 7) is 0. The van der Waals surface area contributed by atoms with Crippen molar-refractivity contribution in [2.45, 2.75) is 36.2 Å². The average Bonchev–Trinajstić information content (AvgIpc) is 3.42. The Morgan fingerprint density at radius 2 is 1.74 bits per heavy atom. The fraction of sp³-hybridized carbons (Fsp3) is 0.200. The number of rotatable bonds is 5. The van der Waals surface area contributed by atoms with Crippen LogP contribution in [-0.2, 0) is 6.42 Å². The van der Waals surface area contributed by atoms with Crippen LogP contribution >= 0.6 is 11.8 Å². The van der Waals surface area contributed by atoms with Gasteiger partial charge in [0.25, 0.3) is 5.56 Å². The lowest BCUT2D eigenvalue weighted by molar-refractivity contribution is 0.421. The maximum atomic E-state index is 13.5. The second-order valence-corrected chi connectivity index (χ2v) is 10.5. The van der Waals surface area contributed by atoms with Crippen LogP contribution in [0.25, 0.3) is 22.0 Å². The molecule has 1 aliphatic carbocycles. The Morgan fingerprint density at radius 1 is 0.943 bits per heavy atom. The zero-order chi connectivity index (χ0) is 23.4. The van der Waals surface area contributed by atoms with Crippen LogP contribution in [0.3, 0.4) is 0 Å². The van der Waals surface area contributed by atoms with Crippen LogP contribution < -0.4 is 5.56 Å². The summed E-state index contributed by atoms with van der Waals surface area (Å²) >= 11 is 1.78. The summed E-state index contributed by atoms with van der Waals surface area (Å²) in [5.74, 6) is 1.92. The van der Waals surface area contributed by atoms with Gasteiger partial charge in [0.15, 0.2) is 0 Å². The van der Waals surface area contributed by atoms with E-state index in [1.807, 2.05) is 41.0 Å². The number of hydrogen-bond donors (Lipinski definition) is 0. The van der Waals surface area contributed by atoms with E-state index in [0.29, 0.717) is 11.8 Å². The summed E-state index contributed by atoms with van der Waals surface area (Å²) in [6.07, 6.45) is 4.86. The van der Waals surface area contributed by atoms with E-state index in [1.54, 1.807) is 18.0 Å². The number of benzene rings is 3. The minimum atomic E-state index is -0.177. The van der Waals surface area contributed by atoms with Crippen LogP contribution in [0.2, 0.25) is 0 Å². The molecule has 0 radical (unpaired) electrons. The second kappa shape index (κ2) is 8.28. The van der Waals surface area contributed by atoms with E-state index in [1.165, 1.54) is 40.3 Å². The van der Waals surface area contributed by atoms with Gasteiger partial charge in [0.2, 0.25) is 5.89 Å². The fourth-order valence-electron chi connectivity index (χ4n) is 5.31. The molecule has 1 unspecified atom stereocenters. The van der Waals surface area contributed by atoms with Crippen molar-refractivity contribution in [1.82, 2.24) is 9.55 Å². The average molecular weight is 477 g/mol.